The Morgan fingerprint density at radius 1 is 1.07 bits per heavy atom. The topological polar surface area (TPSA) is 102 Å². The van der Waals surface area contributed by atoms with Gasteiger partial charge in [-0.2, -0.15) is 0 Å². The molecule has 220 valence electrons. The molecular formula is C32H38Cl2N3NaO4. The molecule has 2 aromatic carbocycles. The minimum Gasteiger partial charge on any atom is -0.550 e. The molecule has 0 unspecified atom stereocenters. The van der Waals surface area contributed by atoms with Crippen molar-refractivity contribution in [3.05, 3.63) is 69.2 Å². The van der Waals surface area contributed by atoms with E-state index in [0.29, 0.717) is 32.8 Å². The van der Waals surface area contributed by atoms with Crippen LogP contribution in [0.1, 0.15) is 94.2 Å². The first-order chi connectivity index (χ1) is 19.2. The Bertz CT molecular complexity index is 1330. The SMILES string of the molecule is CC(C)[C@H](c1ccc(C(=O)NCCC(=O)[O-])cc1)N1C(=O)C(c2cc(Cl)cc(Cl)c2)=NC12CCC(C(C)(C)C)CC2.[Na+]. The fourth-order valence-electron chi connectivity index (χ4n) is 6.22. The number of carbonyl (C=O) groups is 3. The molecule has 0 bridgehead atoms. The van der Waals surface area contributed by atoms with Crippen molar-refractivity contribution in [2.75, 3.05) is 6.54 Å². The molecule has 1 fully saturated rings. The second-order valence-corrected chi connectivity index (χ2v) is 13.5. The summed E-state index contributed by atoms with van der Waals surface area (Å²) < 4.78 is 0. The zero-order valence-electron chi connectivity index (χ0n) is 25.3. The van der Waals surface area contributed by atoms with Crippen LogP contribution in [0.2, 0.25) is 10.0 Å². The average Bonchev–Trinajstić information content (AvgIpc) is 3.14. The molecule has 1 saturated carbocycles. The summed E-state index contributed by atoms with van der Waals surface area (Å²) in [6.07, 6.45) is 3.15. The number of carbonyl (C=O) groups excluding carboxylic acids is 3. The number of benzene rings is 2. The van der Waals surface area contributed by atoms with E-state index in [2.05, 4.69) is 39.9 Å². The van der Waals surface area contributed by atoms with Crippen molar-refractivity contribution >= 4 is 46.7 Å². The van der Waals surface area contributed by atoms with E-state index in [0.717, 1.165) is 31.2 Å². The maximum absolute atomic E-state index is 14.3. The summed E-state index contributed by atoms with van der Waals surface area (Å²) in [4.78, 5) is 44.7. The van der Waals surface area contributed by atoms with Crippen LogP contribution in [-0.4, -0.2) is 40.6 Å². The predicted octanol–water partition coefficient (Wildman–Crippen LogP) is 2.83. The molecule has 42 heavy (non-hydrogen) atoms. The van der Waals surface area contributed by atoms with Gasteiger partial charge >= 0.3 is 29.6 Å². The number of aliphatic carboxylic acids is 1. The second-order valence-electron chi connectivity index (χ2n) is 12.6. The summed E-state index contributed by atoms with van der Waals surface area (Å²) in [7, 11) is 0. The van der Waals surface area contributed by atoms with E-state index in [1.165, 1.54) is 0 Å². The van der Waals surface area contributed by atoms with Crippen molar-refractivity contribution in [2.24, 2.45) is 22.2 Å². The maximum atomic E-state index is 14.3. The molecule has 1 heterocycles. The van der Waals surface area contributed by atoms with Crippen LogP contribution in [0.3, 0.4) is 0 Å². The first-order valence-corrected chi connectivity index (χ1v) is 15.0. The molecule has 0 radical (unpaired) electrons. The van der Waals surface area contributed by atoms with E-state index < -0.39 is 11.6 Å². The summed E-state index contributed by atoms with van der Waals surface area (Å²) in [6, 6.07) is 12.0. The number of nitrogens with zero attached hydrogens (tertiary/aromatic N) is 2. The van der Waals surface area contributed by atoms with Crippen LogP contribution >= 0.6 is 23.2 Å². The maximum Gasteiger partial charge on any atom is 1.00 e. The molecule has 1 aliphatic heterocycles. The normalized spacial score (nSPS) is 21.2. The Labute approximate surface area is 280 Å². The molecule has 4 rings (SSSR count). The molecule has 2 amide bonds. The van der Waals surface area contributed by atoms with E-state index in [1.54, 1.807) is 30.3 Å². The van der Waals surface area contributed by atoms with Crippen LogP contribution in [0, 0.1) is 17.3 Å². The van der Waals surface area contributed by atoms with E-state index in [9.17, 15) is 19.5 Å². The van der Waals surface area contributed by atoms with E-state index in [1.807, 2.05) is 17.0 Å². The first kappa shape index (κ1) is 34.6. The number of hydrogen-bond donors (Lipinski definition) is 1. The van der Waals surface area contributed by atoms with Crippen LogP contribution in [0.25, 0.3) is 0 Å². The Balaban J connectivity index is 0.00000484. The van der Waals surface area contributed by atoms with Crippen molar-refractivity contribution < 1.29 is 49.0 Å². The average molecular weight is 623 g/mol. The molecule has 0 aromatic heterocycles. The molecule has 1 spiro atoms. The fraction of sp³-hybridized carbons (Fsp3) is 0.500. The molecule has 2 aromatic rings. The Morgan fingerprint density at radius 3 is 2.14 bits per heavy atom. The quantitative estimate of drug-likeness (QED) is 0.458. The summed E-state index contributed by atoms with van der Waals surface area (Å²) in [5.41, 5.74) is 1.76. The third kappa shape index (κ3) is 7.59. The van der Waals surface area contributed by atoms with Crippen molar-refractivity contribution in [2.45, 2.75) is 78.4 Å². The summed E-state index contributed by atoms with van der Waals surface area (Å²) in [6.45, 7) is 11.0. The van der Waals surface area contributed by atoms with Gasteiger partial charge in [-0.05, 0) is 78.8 Å². The zero-order valence-corrected chi connectivity index (χ0v) is 28.8. The van der Waals surface area contributed by atoms with Gasteiger partial charge in [-0.1, -0.05) is 70.0 Å². The molecule has 7 nitrogen and oxygen atoms in total. The van der Waals surface area contributed by atoms with Gasteiger partial charge in [0.2, 0.25) is 0 Å². The number of amides is 2. The number of hydrogen-bond acceptors (Lipinski definition) is 5. The van der Waals surface area contributed by atoms with Crippen LogP contribution in [0.4, 0.5) is 0 Å². The van der Waals surface area contributed by atoms with Crippen LogP contribution in [-0.2, 0) is 9.59 Å². The molecule has 0 saturated heterocycles. The Kier molecular flexibility index (Phi) is 11.4. The number of carboxylic acids is 1. The number of aliphatic imine (C=N–C) groups is 1. The van der Waals surface area contributed by atoms with Gasteiger partial charge < -0.3 is 20.1 Å². The van der Waals surface area contributed by atoms with Crippen molar-refractivity contribution in [3.63, 3.8) is 0 Å². The van der Waals surface area contributed by atoms with Crippen molar-refractivity contribution in [1.82, 2.24) is 10.2 Å². The molecule has 1 aliphatic carbocycles. The smallest absolute Gasteiger partial charge is 0.550 e. The van der Waals surface area contributed by atoms with Crippen LogP contribution in [0.5, 0.6) is 0 Å². The molecule has 1 N–H and O–H groups in total. The standard InChI is InChI=1S/C32H39Cl2N3O4.Na/c1-19(2)28(20-6-8-21(9-7-20)29(40)35-15-12-26(38)39)37-30(41)27(22-16-24(33)18-25(34)17-22)36-32(37)13-10-23(11-14-32)31(3,4)5;/h6-9,16-19,23,28H,10-15H2,1-5H3,(H,35,40)(H,38,39);/q;+1/p-1/t23?,28-,32?;/m1./s1. The number of halogens is 2. The van der Waals surface area contributed by atoms with E-state index in [4.69, 9.17) is 28.2 Å². The minimum atomic E-state index is -1.22. The second kappa shape index (κ2) is 13.8. The fourth-order valence-corrected chi connectivity index (χ4v) is 6.75. The molecule has 2 aliphatic rings. The molecule has 10 heteroatoms. The Morgan fingerprint density at radius 2 is 1.64 bits per heavy atom. The third-order valence-electron chi connectivity index (χ3n) is 8.38. The molecular weight excluding hydrogens is 584 g/mol. The van der Waals surface area contributed by atoms with E-state index >= 15 is 0 Å². The van der Waals surface area contributed by atoms with Crippen LogP contribution < -0.4 is 40.0 Å². The summed E-state index contributed by atoms with van der Waals surface area (Å²) in [5, 5.41) is 14.2. The zero-order chi connectivity index (χ0) is 30.1. The van der Waals surface area contributed by atoms with Gasteiger partial charge in [-0.25, -0.2) is 0 Å². The number of carboxylic acid groups (broad SMARTS) is 1. The Hall–Kier alpha value is -1.90. The third-order valence-corrected chi connectivity index (χ3v) is 8.81. The summed E-state index contributed by atoms with van der Waals surface area (Å²) in [5.74, 6) is -1.16. The summed E-state index contributed by atoms with van der Waals surface area (Å²) >= 11 is 12.7. The predicted molar refractivity (Wildman–Crippen MR) is 160 cm³/mol. The van der Waals surface area contributed by atoms with Crippen molar-refractivity contribution in [3.8, 4) is 0 Å². The monoisotopic (exact) mass is 621 g/mol. The van der Waals surface area contributed by atoms with Gasteiger partial charge in [0.15, 0.2) is 0 Å². The molecule has 1 atom stereocenters. The largest absolute Gasteiger partial charge is 1.00 e. The van der Waals surface area contributed by atoms with Gasteiger partial charge in [0.05, 0.1) is 6.04 Å². The first-order valence-electron chi connectivity index (χ1n) is 14.2. The van der Waals surface area contributed by atoms with E-state index in [-0.39, 0.29) is 71.7 Å². The van der Waals surface area contributed by atoms with Gasteiger partial charge in [0, 0.05) is 40.1 Å². The number of nitrogens with one attached hydrogen (secondary N) is 1. The van der Waals surface area contributed by atoms with Gasteiger partial charge in [-0.3, -0.25) is 14.6 Å². The van der Waals surface area contributed by atoms with Gasteiger partial charge in [0.25, 0.3) is 11.8 Å². The minimum absolute atomic E-state index is 0. The van der Waals surface area contributed by atoms with Gasteiger partial charge in [0.1, 0.15) is 11.4 Å². The van der Waals surface area contributed by atoms with Crippen LogP contribution in [0.15, 0.2) is 47.5 Å². The van der Waals surface area contributed by atoms with Crippen molar-refractivity contribution in [1.29, 1.82) is 0 Å². The number of rotatable bonds is 8. The van der Waals surface area contributed by atoms with Gasteiger partial charge in [-0.15, -0.1) is 0 Å².